The van der Waals surface area contributed by atoms with Gasteiger partial charge >= 0.3 is 171 Å². The van der Waals surface area contributed by atoms with Crippen LogP contribution in [-0.4, -0.2) is 185 Å². The van der Waals surface area contributed by atoms with E-state index in [1.807, 2.05) is 98.9 Å². The third kappa shape index (κ3) is 22.3. The number of para-hydroxylation sites is 3. The molecule has 1 N–H and O–H groups in total. The molecule has 7 aliphatic rings. The van der Waals surface area contributed by atoms with Crippen molar-refractivity contribution in [3.05, 3.63) is 215 Å². The first-order valence-corrected chi connectivity index (χ1v) is 58.0. The number of rotatable bonds is 36. The maximum absolute atomic E-state index is 14.3. The number of esters is 3. The van der Waals surface area contributed by atoms with E-state index in [1.165, 1.54) is 124 Å². The van der Waals surface area contributed by atoms with Crippen molar-refractivity contribution in [1.82, 2.24) is 37.4 Å². The van der Waals surface area contributed by atoms with Crippen LogP contribution in [-0.2, 0) is 93.3 Å². The van der Waals surface area contributed by atoms with Crippen LogP contribution in [0.5, 0.6) is 17.2 Å². The molecule has 8 aromatic heterocycles. The fourth-order valence-corrected chi connectivity index (χ4v) is 38.2. The van der Waals surface area contributed by atoms with Gasteiger partial charge in [0.25, 0.3) is 16.7 Å². The minimum atomic E-state index is -2.31. The number of hydrogen-bond acceptors (Lipinski definition) is 30. The van der Waals surface area contributed by atoms with Gasteiger partial charge in [-0.15, -0.1) is 34.0 Å². The summed E-state index contributed by atoms with van der Waals surface area (Å²) in [5, 5.41) is 1.17. The Bertz CT molecular complexity index is 6560. The molecule has 11 aromatic rings. The Kier molecular flexibility index (Phi) is 36.8. The molecule has 0 spiro atoms. The summed E-state index contributed by atoms with van der Waals surface area (Å²) in [5.41, 5.74) is -1.78. The predicted molar refractivity (Wildman–Crippen MR) is 531 cm³/mol. The zero-order valence-corrected chi connectivity index (χ0v) is 88.1. The van der Waals surface area contributed by atoms with E-state index in [9.17, 15) is 43.2 Å². The molecule has 139 heavy (non-hydrogen) atoms. The quantitative estimate of drug-likeness (QED) is 0.0200. The van der Waals surface area contributed by atoms with E-state index >= 15 is 0 Å². The maximum atomic E-state index is 14.3. The fraction of sp³-hybridized carbons (Fsp3) is 0.520. The number of oxazole rings is 2. The first kappa shape index (κ1) is 107. The maximum Gasteiger partial charge on any atom is 1.00 e. The van der Waals surface area contributed by atoms with Crippen molar-refractivity contribution in [1.29, 1.82) is 0 Å². The number of nitrogens with zero attached hydrogens (tertiary/aromatic N) is 9. The fourth-order valence-electron chi connectivity index (χ4n) is 19.2. The summed E-state index contributed by atoms with van der Waals surface area (Å²) in [6.07, 6.45) is 23.6. The van der Waals surface area contributed by atoms with Crippen LogP contribution in [0.3, 0.4) is 0 Å². The number of halogens is 1. The number of aliphatic imine (C=N–C) groups is 1. The van der Waals surface area contributed by atoms with Crippen LogP contribution < -0.4 is 70.7 Å². The Balaban J connectivity index is 0.000000161. The smallest absolute Gasteiger partial charge is 0.870 e. The molecule has 6 fully saturated rings. The van der Waals surface area contributed by atoms with Crippen molar-refractivity contribution in [2.45, 2.75) is 250 Å². The number of benzene rings is 3. The Morgan fingerprint density at radius 1 is 0.475 bits per heavy atom. The van der Waals surface area contributed by atoms with Crippen molar-refractivity contribution in [2.75, 3.05) is 82.3 Å². The largest absolute Gasteiger partial charge is 1.00 e. The molecule has 12 heterocycles. The zero-order chi connectivity index (χ0) is 97.0. The van der Waals surface area contributed by atoms with Crippen LogP contribution in [0.1, 0.15) is 199 Å². The van der Waals surface area contributed by atoms with Gasteiger partial charge in [-0.3, -0.25) is 33.1 Å². The van der Waals surface area contributed by atoms with Gasteiger partial charge in [-0.2, -0.15) is 0 Å². The Morgan fingerprint density at radius 3 is 1.13 bits per heavy atom. The molecular weight excluding hydrogens is 2010 g/mol. The van der Waals surface area contributed by atoms with Crippen molar-refractivity contribution < 1.29 is 104 Å². The van der Waals surface area contributed by atoms with Gasteiger partial charge in [0.1, 0.15) is 72.9 Å². The Labute approximate surface area is 841 Å². The number of thiophene rings is 3. The standard InChI is InChI=1S/C30H33N3O7S.C29H31N3O8S.C26H29BrN2O7S.3C4H9.C3H2NO.Li.H2O.Sn/c1-18-24-26(34)33(30(12-13-30)28(35)38-3)29(36)32(27(24)41-25(18)21-8-6-14-31-21)17-23(40-19-10-15-39-16-11-19)20-7-4-5-9-22(20)37-2;1-17-22-25(33)32(29(10-11-29)27(34)37-3)28(35)31(26(22)41-23(17)24-30-12-15-39-24)16-21(40-18-8-13-38-14-9-18)19-6-4-5-7-20(19)36-2;1-15-20-22(30)29(26(10-11-26)24(31)34-3)25(32)28(23(20)37-21(15)27)14-19(36-16-8-12-35-13-9-16)17-6-4-5-7-18(17)33-2;3*1-3-4-2;1-2-5-3-4-1;;;/h4-7,9,14,19,23H,8,10-13,15-17H2,1-3H3;4-7,12,15,18,21H,8-11,13-14,16H2,1-3H3;4-7,16,19H,8-14H2,1-3H3;3*1,3-4H2,2H3;1-2H;;1H2;/q;;;;;;;+1;;/p-1. The molecular formula is C100H123BrLiN9O24S3Sn. The first-order valence-electron chi connectivity index (χ1n) is 47.3. The first-order chi connectivity index (χ1) is 66.4. The molecule has 742 valence electrons. The molecule has 3 saturated carbocycles. The summed E-state index contributed by atoms with van der Waals surface area (Å²) in [6.45, 7) is 16.3. The van der Waals surface area contributed by atoms with Gasteiger partial charge in [0.15, 0.2) is 0 Å². The van der Waals surface area contributed by atoms with Crippen molar-refractivity contribution >= 4 is 126 Å². The summed E-state index contributed by atoms with van der Waals surface area (Å²) in [4.78, 5) is 139. The summed E-state index contributed by atoms with van der Waals surface area (Å²) >= 11 is 5.19. The summed E-state index contributed by atoms with van der Waals surface area (Å²) in [5.74, 6) is 0.492. The van der Waals surface area contributed by atoms with Gasteiger partial charge in [0, 0.05) is 69.0 Å². The number of fused-ring (bicyclic) bond motifs is 3. The van der Waals surface area contributed by atoms with E-state index in [0.717, 1.165) is 81.6 Å². The van der Waals surface area contributed by atoms with Crippen LogP contribution in [0, 0.1) is 20.8 Å². The van der Waals surface area contributed by atoms with E-state index in [2.05, 4.69) is 51.7 Å². The number of ether oxygens (including phenoxy) is 12. The molecule has 0 amide bonds. The molecule has 3 saturated heterocycles. The second-order valence-corrected chi connectivity index (χ2v) is 52.9. The number of hydrogen-bond donors (Lipinski definition) is 0. The molecule has 3 atom stereocenters. The van der Waals surface area contributed by atoms with Gasteiger partial charge in [0.2, 0.25) is 5.89 Å². The normalized spacial score (nSPS) is 17.1. The second-order valence-electron chi connectivity index (χ2n) is 35.8. The Morgan fingerprint density at radius 2 is 0.813 bits per heavy atom. The topological polar surface area (TPSA) is 388 Å². The molecule has 0 radical (unpaired) electrons. The average molecular weight is 2140 g/mol. The third-order valence-electron chi connectivity index (χ3n) is 27.3. The van der Waals surface area contributed by atoms with Crippen LogP contribution in [0.2, 0.25) is 13.3 Å². The van der Waals surface area contributed by atoms with Crippen LogP contribution in [0.15, 0.2) is 156 Å². The van der Waals surface area contributed by atoms with Gasteiger partial charge in [-0.05, 0) is 149 Å². The number of methoxy groups -OCH3 is 6. The SMILES string of the molecule is CCC[CH2][Sn]([CH2]CCC)([CH2]CCC)[c]1ncco1.COC(=O)C1(n2c(=O)c3c(C)c(-c4ncco4)sc3n(CC(OC3CCOCC3)c3ccccc3OC)c2=O)CC1.COC(=O)C1(n2c(=O)c3c(C)c(Br)sc3n(CC(OC3CCOCC3)c3ccccc3OC)c2=O)CC1.COC(=O)C1(n2c(=O)c3c(C)c(C4=NC=CC4)sc3n(CC(OC3CCOCC3)c3ccccc3OC)c2=O)CC1.[Li+].[OH-]. The molecule has 39 heteroatoms. The summed E-state index contributed by atoms with van der Waals surface area (Å²) < 4.78 is 94.2. The van der Waals surface area contributed by atoms with Crippen LogP contribution >= 0.6 is 49.9 Å². The van der Waals surface area contributed by atoms with Crippen LogP contribution in [0.25, 0.3) is 41.4 Å². The van der Waals surface area contributed by atoms with Crippen molar-refractivity contribution in [3.63, 3.8) is 0 Å². The third-order valence-corrected chi connectivity index (χ3v) is 46.6. The summed E-state index contributed by atoms with van der Waals surface area (Å²) in [6, 6.07) is 22.7. The summed E-state index contributed by atoms with van der Waals surface area (Å²) in [7, 11) is 8.61. The number of aromatic nitrogens is 8. The van der Waals surface area contributed by atoms with Crippen LogP contribution in [0.4, 0.5) is 0 Å². The average Bonchev–Trinajstić information content (AvgIpc) is 1.55. The molecule has 4 aliphatic heterocycles. The number of unbranched alkanes of at least 4 members (excludes halogenated alkanes) is 3. The van der Waals surface area contributed by atoms with Gasteiger partial charge < -0.3 is 66.7 Å². The molecule has 3 unspecified atom stereocenters. The monoisotopic (exact) mass is 2140 g/mol. The van der Waals surface area contributed by atoms with E-state index in [0.29, 0.717) is 162 Å². The van der Waals surface area contributed by atoms with Crippen molar-refractivity contribution in [2.24, 2.45) is 4.99 Å². The molecule has 33 nitrogen and oxygen atoms in total. The molecule has 3 aromatic carbocycles. The minimum Gasteiger partial charge on any atom is -0.870 e. The minimum absolute atomic E-state index is 0. The van der Waals surface area contributed by atoms with E-state index in [1.54, 1.807) is 54.4 Å². The molecule has 3 aliphatic carbocycles. The van der Waals surface area contributed by atoms with Gasteiger partial charge in [-0.1, -0.05) is 60.7 Å². The van der Waals surface area contributed by atoms with Gasteiger partial charge in [0.05, 0.1) is 122 Å². The van der Waals surface area contributed by atoms with E-state index < -0.39 is 105 Å². The predicted octanol–water partition coefficient (Wildman–Crippen LogP) is 13.1. The van der Waals surface area contributed by atoms with E-state index in [4.69, 9.17) is 65.7 Å². The van der Waals surface area contributed by atoms with E-state index in [-0.39, 0.29) is 62.3 Å². The molecule has 18 rings (SSSR count). The number of aryl methyl sites for hydroxylation is 3. The zero-order valence-electron chi connectivity index (χ0n) is 81.2. The number of carbonyl (C=O) groups is 3. The second kappa shape index (κ2) is 47.8. The van der Waals surface area contributed by atoms with Gasteiger partial charge in [-0.25, -0.2) is 47.5 Å². The Hall–Kier alpha value is -9.18. The van der Waals surface area contributed by atoms with Crippen molar-refractivity contribution in [3.8, 4) is 28.0 Å². The molecule has 0 bridgehead atoms. The number of allylic oxidation sites excluding steroid dienone is 1. The number of carbonyl (C=O) groups excluding carboxylic acids is 3.